The number of rotatable bonds is 6. The van der Waals surface area contributed by atoms with E-state index in [-0.39, 0.29) is 11.8 Å². The molecule has 2 aromatic carbocycles. The number of benzene rings is 2. The lowest BCUT2D eigenvalue weighted by atomic mass is 9.85. The third-order valence-corrected chi connectivity index (χ3v) is 5.96. The van der Waals surface area contributed by atoms with E-state index in [0.717, 1.165) is 28.1 Å². The zero-order valence-electron chi connectivity index (χ0n) is 19.8. The van der Waals surface area contributed by atoms with Gasteiger partial charge in [-0.1, -0.05) is 17.3 Å². The van der Waals surface area contributed by atoms with Crippen LogP contribution in [0.3, 0.4) is 0 Å². The molecule has 1 amide bonds. The first-order valence-corrected chi connectivity index (χ1v) is 11.2. The predicted molar refractivity (Wildman–Crippen MR) is 130 cm³/mol. The second kappa shape index (κ2) is 9.09. The topological polar surface area (TPSA) is 111 Å². The van der Waals surface area contributed by atoms with Crippen molar-refractivity contribution < 1.29 is 18.8 Å². The molecule has 9 heteroatoms. The zero-order chi connectivity index (χ0) is 24.5. The molecular formula is C26H25N5O4. The highest BCUT2D eigenvalue weighted by Crippen LogP contribution is 2.53. The van der Waals surface area contributed by atoms with Crippen LogP contribution in [0.15, 0.2) is 59.4 Å². The van der Waals surface area contributed by atoms with Crippen molar-refractivity contribution in [3.8, 4) is 17.5 Å². The fourth-order valence-electron chi connectivity index (χ4n) is 4.42. The Kier molecular flexibility index (Phi) is 5.82. The molecular weight excluding hydrogens is 446 g/mol. The van der Waals surface area contributed by atoms with Gasteiger partial charge in [0.05, 0.1) is 22.7 Å². The maximum atomic E-state index is 11.7. The molecule has 178 valence electrons. The van der Waals surface area contributed by atoms with Gasteiger partial charge in [0.25, 0.3) is 0 Å². The van der Waals surface area contributed by atoms with Gasteiger partial charge in [0.1, 0.15) is 23.9 Å². The molecule has 2 N–H and O–H groups in total. The number of aryl methyl sites for hydroxylation is 2. The molecule has 4 aromatic rings. The summed E-state index contributed by atoms with van der Waals surface area (Å²) < 4.78 is 18.1. The van der Waals surface area contributed by atoms with Crippen LogP contribution in [0.1, 0.15) is 47.1 Å². The largest absolute Gasteiger partial charge is 0.468 e. The van der Waals surface area contributed by atoms with Gasteiger partial charge < -0.3 is 24.6 Å². The van der Waals surface area contributed by atoms with E-state index in [9.17, 15) is 4.79 Å². The van der Waals surface area contributed by atoms with Gasteiger partial charge in [-0.3, -0.25) is 4.79 Å². The lowest BCUT2D eigenvalue weighted by Gasteiger charge is -2.20. The third-order valence-electron chi connectivity index (χ3n) is 5.96. The molecule has 2 atom stereocenters. The van der Waals surface area contributed by atoms with E-state index in [2.05, 4.69) is 25.8 Å². The van der Waals surface area contributed by atoms with Gasteiger partial charge in [-0.05, 0) is 55.8 Å². The molecule has 2 unspecified atom stereocenters. The van der Waals surface area contributed by atoms with E-state index in [1.54, 1.807) is 0 Å². The van der Waals surface area contributed by atoms with E-state index in [1.165, 1.54) is 13.3 Å². The fourth-order valence-corrected chi connectivity index (χ4v) is 4.42. The molecule has 9 nitrogen and oxygen atoms in total. The van der Waals surface area contributed by atoms with Crippen LogP contribution in [0.5, 0.6) is 17.5 Å². The van der Waals surface area contributed by atoms with Crippen molar-refractivity contribution >= 4 is 17.3 Å². The summed E-state index contributed by atoms with van der Waals surface area (Å²) in [5.74, 6) is 1.66. The molecule has 0 fully saturated rings. The summed E-state index contributed by atoms with van der Waals surface area (Å²) in [5, 5.41) is 10.1. The number of carbonyl (C=O) groups excluding carboxylic acids is 1. The Bertz CT molecular complexity index is 1360. The highest BCUT2D eigenvalue weighted by molar-refractivity contribution is 5.88. The van der Waals surface area contributed by atoms with Crippen molar-refractivity contribution in [2.45, 2.75) is 32.8 Å². The molecule has 1 aliphatic heterocycles. The molecule has 0 spiro atoms. The van der Waals surface area contributed by atoms with Gasteiger partial charge in [-0.2, -0.15) is 0 Å². The number of hydrogen-bond acceptors (Lipinski definition) is 8. The SMILES string of the molecule is CNc1ccc(Oc2ncnc3c2C(c2cccc(NC(C)=O)c2)C(c2c(C)noc2C)O3)cc1. The number of fused-ring (bicyclic) bond motifs is 1. The number of nitrogens with zero attached hydrogens (tertiary/aromatic N) is 3. The summed E-state index contributed by atoms with van der Waals surface area (Å²) in [5.41, 5.74) is 4.87. The summed E-state index contributed by atoms with van der Waals surface area (Å²) in [6.45, 7) is 5.22. The summed E-state index contributed by atoms with van der Waals surface area (Å²) in [7, 11) is 1.86. The normalized spacial score (nSPS) is 16.3. The van der Waals surface area contributed by atoms with Gasteiger partial charge in [-0.15, -0.1) is 0 Å². The Morgan fingerprint density at radius 2 is 1.83 bits per heavy atom. The number of amides is 1. The average molecular weight is 472 g/mol. The van der Waals surface area contributed by atoms with E-state index in [4.69, 9.17) is 14.0 Å². The summed E-state index contributed by atoms with van der Waals surface area (Å²) >= 11 is 0. The molecule has 0 saturated heterocycles. The molecule has 3 heterocycles. The van der Waals surface area contributed by atoms with Crippen molar-refractivity contribution in [3.05, 3.63) is 83.0 Å². The van der Waals surface area contributed by atoms with Crippen molar-refractivity contribution in [1.82, 2.24) is 15.1 Å². The standard InChI is InChI=1S/C26H25N5O4/c1-14-21(15(2)35-31-14)24-22(17-6-5-7-19(12-17)30-16(3)32)23-25(28-13-29-26(23)34-24)33-20-10-8-18(27-4)9-11-20/h5-13,22,24,27H,1-4H3,(H,30,32). The minimum atomic E-state index is -0.463. The van der Waals surface area contributed by atoms with Crippen LogP contribution in [0, 0.1) is 13.8 Å². The lowest BCUT2D eigenvalue weighted by Crippen LogP contribution is -2.14. The van der Waals surface area contributed by atoms with Crippen molar-refractivity contribution in [2.24, 2.45) is 0 Å². The third kappa shape index (κ3) is 4.28. The zero-order valence-corrected chi connectivity index (χ0v) is 19.8. The van der Waals surface area contributed by atoms with Crippen LogP contribution in [0.2, 0.25) is 0 Å². The van der Waals surface area contributed by atoms with Crippen molar-refractivity contribution in [2.75, 3.05) is 17.7 Å². The first kappa shape index (κ1) is 22.4. The van der Waals surface area contributed by atoms with Gasteiger partial charge in [-0.25, -0.2) is 9.97 Å². The van der Waals surface area contributed by atoms with Gasteiger partial charge in [0, 0.05) is 25.3 Å². The molecule has 0 bridgehead atoms. The molecule has 0 saturated carbocycles. The van der Waals surface area contributed by atoms with Crippen LogP contribution < -0.4 is 20.1 Å². The van der Waals surface area contributed by atoms with Crippen LogP contribution in [0.4, 0.5) is 11.4 Å². The fraction of sp³-hybridized carbons (Fsp3) is 0.231. The Hall–Kier alpha value is -4.40. The molecule has 5 rings (SSSR count). The van der Waals surface area contributed by atoms with Crippen LogP contribution in [0.25, 0.3) is 0 Å². The average Bonchev–Trinajstić information content (AvgIpc) is 3.39. The quantitative estimate of drug-likeness (QED) is 0.398. The number of anilines is 2. The van der Waals surface area contributed by atoms with E-state index in [1.807, 2.05) is 69.4 Å². The number of hydrogen-bond donors (Lipinski definition) is 2. The van der Waals surface area contributed by atoms with Gasteiger partial charge in [0.15, 0.2) is 0 Å². The molecule has 2 aromatic heterocycles. The van der Waals surface area contributed by atoms with E-state index < -0.39 is 6.10 Å². The molecule has 0 radical (unpaired) electrons. The van der Waals surface area contributed by atoms with Gasteiger partial charge >= 0.3 is 0 Å². The first-order valence-electron chi connectivity index (χ1n) is 11.2. The maximum Gasteiger partial charge on any atom is 0.230 e. The Balaban J connectivity index is 1.63. The maximum absolute atomic E-state index is 11.7. The molecule has 1 aliphatic rings. The summed E-state index contributed by atoms with van der Waals surface area (Å²) in [4.78, 5) is 20.6. The number of ether oxygens (including phenoxy) is 2. The van der Waals surface area contributed by atoms with E-state index >= 15 is 0 Å². The monoisotopic (exact) mass is 471 g/mol. The lowest BCUT2D eigenvalue weighted by molar-refractivity contribution is -0.114. The minimum Gasteiger partial charge on any atom is -0.468 e. The van der Waals surface area contributed by atoms with E-state index in [0.29, 0.717) is 29.0 Å². The molecule has 0 aliphatic carbocycles. The Labute approximate surface area is 202 Å². The predicted octanol–water partition coefficient (Wildman–Crippen LogP) is 5.14. The number of aromatic nitrogens is 3. The van der Waals surface area contributed by atoms with Crippen molar-refractivity contribution in [3.63, 3.8) is 0 Å². The smallest absolute Gasteiger partial charge is 0.230 e. The Morgan fingerprint density at radius 3 is 2.51 bits per heavy atom. The number of carbonyl (C=O) groups is 1. The highest BCUT2D eigenvalue weighted by atomic mass is 16.5. The van der Waals surface area contributed by atoms with Crippen LogP contribution in [-0.2, 0) is 4.79 Å². The summed E-state index contributed by atoms with van der Waals surface area (Å²) in [6, 6.07) is 15.2. The number of nitrogens with one attached hydrogen (secondary N) is 2. The van der Waals surface area contributed by atoms with Crippen molar-refractivity contribution in [1.29, 1.82) is 0 Å². The Morgan fingerprint density at radius 1 is 1.03 bits per heavy atom. The second-order valence-electron chi connectivity index (χ2n) is 8.33. The minimum absolute atomic E-state index is 0.148. The van der Waals surface area contributed by atoms with Gasteiger partial charge in [0.2, 0.25) is 17.7 Å². The molecule has 35 heavy (non-hydrogen) atoms. The van der Waals surface area contributed by atoms with Crippen LogP contribution in [-0.4, -0.2) is 28.1 Å². The highest BCUT2D eigenvalue weighted by Gasteiger charge is 2.43. The first-order chi connectivity index (χ1) is 16.9. The summed E-state index contributed by atoms with van der Waals surface area (Å²) in [6.07, 6.45) is 0.964. The second-order valence-corrected chi connectivity index (χ2v) is 8.33. The van der Waals surface area contributed by atoms with Crippen LogP contribution >= 0.6 is 0 Å².